The summed E-state index contributed by atoms with van der Waals surface area (Å²) < 4.78 is 1.09. The Morgan fingerprint density at radius 2 is 1.70 bits per heavy atom. The zero-order valence-corrected chi connectivity index (χ0v) is 15.2. The van der Waals surface area contributed by atoms with Gasteiger partial charge in [0.05, 0.1) is 32.4 Å². The van der Waals surface area contributed by atoms with E-state index >= 15 is 0 Å². The highest BCUT2D eigenvalue weighted by Gasteiger charge is 2.18. The molecule has 3 rings (SSSR count). The minimum Gasteiger partial charge on any atom is -0.328 e. The van der Waals surface area contributed by atoms with E-state index in [0.717, 1.165) is 47.8 Å². The monoisotopic (exact) mass is 392 g/mol. The van der Waals surface area contributed by atoms with Crippen molar-refractivity contribution in [2.24, 2.45) is 5.10 Å². The van der Waals surface area contributed by atoms with E-state index in [-0.39, 0.29) is 0 Å². The molecule has 2 aromatic carbocycles. The minimum atomic E-state index is 0.802. The van der Waals surface area contributed by atoms with Crippen LogP contribution >= 0.6 is 27.5 Å². The minimum absolute atomic E-state index is 0.802. The van der Waals surface area contributed by atoms with Gasteiger partial charge in [0, 0.05) is 15.1 Å². The van der Waals surface area contributed by atoms with Gasteiger partial charge < -0.3 is 4.90 Å². The maximum atomic E-state index is 5.94. The molecular formula is C18H20BrClN3+. The van der Waals surface area contributed by atoms with E-state index in [0.29, 0.717) is 0 Å². The van der Waals surface area contributed by atoms with E-state index in [4.69, 9.17) is 11.6 Å². The van der Waals surface area contributed by atoms with Crippen molar-refractivity contribution in [1.82, 2.24) is 5.01 Å². The lowest BCUT2D eigenvalue weighted by Gasteiger charge is -2.30. The Bertz CT molecular complexity index is 647. The Morgan fingerprint density at radius 3 is 2.35 bits per heavy atom. The van der Waals surface area contributed by atoms with Gasteiger partial charge in [0.2, 0.25) is 0 Å². The predicted octanol–water partition coefficient (Wildman–Crippen LogP) is 2.84. The van der Waals surface area contributed by atoms with E-state index in [2.05, 4.69) is 50.3 Å². The number of benzene rings is 2. The van der Waals surface area contributed by atoms with Crippen molar-refractivity contribution in [3.05, 3.63) is 69.2 Å². The lowest BCUT2D eigenvalue weighted by atomic mass is 10.2. The zero-order valence-electron chi connectivity index (χ0n) is 12.9. The van der Waals surface area contributed by atoms with Gasteiger partial charge in [-0.3, -0.25) is 5.01 Å². The molecule has 0 unspecified atom stereocenters. The van der Waals surface area contributed by atoms with Crippen LogP contribution in [-0.4, -0.2) is 37.4 Å². The Morgan fingerprint density at radius 1 is 1.04 bits per heavy atom. The van der Waals surface area contributed by atoms with Crippen LogP contribution in [0.3, 0.4) is 0 Å². The van der Waals surface area contributed by atoms with Gasteiger partial charge in [-0.2, -0.15) is 5.10 Å². The largest absolute Gasteiger partial charge is 0.328 e. The first-order valence-electron chi connectivity index (χ1n) is 7.81. The number of rotatable bonds is 4. The summed E-state index contributed by atoms with van der Waals surface area (Å²) in [5.41, 5.74) is 2.47. The Balaban J connectivity index is 1.48. The molecule has 23 heavy (non-hydrogen) atoms. The quantitative estimate of drug-likeness (QED) is 0.792. The van der Waals surface area contributed by atoms with Gasteiger partial charge in [0.1, 0.15) is 6.54 Å². The molecule has 3 nitrogen and oxygen atoms in total. The first-order valence-corrected chi connectivity index (χ1v) is 8.99. The summed E-state index contributed by atoms with van der Waals surface area (Å²) in [6, 6.07) is 16.4. The molecule has 1 aliphatic rings. The number of hydrazone groups is 1. The molecule has 120 valence electrons. The second-order valence-electron chi connectivity index (χ2n) is 5.80. The fourth-order valence-corrected chi connectivity index (χ4v) is 3.08. The first kappa shape index (κ1) is 16.5. The second kappa shape index (κ2) is 7.95. The van der Waals surface area contributed by atoms with Crippen LogP contribution in [-0.2, 0) is 6.54 Å². The Kier molecular flexibility index (Phi) is 5.70. The van der Waals surface area contributed by atoms with Crippen LogP contribution in [0.2, 0.25) is 5.02 Å². The zero-order chi connectivity index (χ0) is 16.1. The van der Waals surface area contributed by atoms with Gasteiger partial charge in [0.25, 0.3) is 0 Å². The van der Waals surface area contributed by atoms with Gasteiger partial charge in [-0.1, -0.05) is 51.8 Å². The molecule has 1 saturated heterocycles. The summed E-state index contributed by atoms with van der Waals surface area (Å²) >= 11 is 9.38. The maximum Gasteiger partial charge on any atom is 0.103 e. The first-order chi connectivity index (χ1) is 11.2. The van der Waals surface area contributed by atoms with Crippen molar-refractivity contribution in [2.45, 2.75) is 6.54 Å². The molecule has 0 amide bonds. The number of halogens is 2. The van der Waals surface area contributed by atoms with Gasteiger partial charge in [-0.25, -0.2) is 0 Å². The third-order valence-corrected chi connectivity index (χ3v) is 4.84. The van der Waals surface area contributed by atoms with Crippen LogP contribution in [0.25, 0.3) is 0 Å². The molecule has 1 heterocycles. The molecule has 0 radical (unpaired) electrons. The van der Waals surface area contributed by atoms with Gasteiger partial charge in [-0.15, -0.1) is 0 Å². The van der Waals surface area contributed by atoms with Gasteiger partial charge >= 0.3 is 0 Å². The SMILES string of the molecule is Clc1ccc(C[NH+]2CCN(N=Cc3ccc(Br)cc3)CC2)cc1. The number of nitrogens with zero attached hydrogens (tertiary/aromatic N) is 2. The molecule has 0 aliphatic carbocycles. The maximum absolute atomic E-state index is 5.94. The fraction of sp³-hybridized carbons (Fsp3) is 0.278. The third kappa shape index (κ3) is 5.06. The number of nitrogens with one attached hydrogen (secondary N) is 1. The Labute approximate surface area is 150 Å². The van der Waals surface area contributed by atoms with E-state index in [1.165, 1.54) is 5.56 Å². The van der Waals surface area contributed by atoms with E-state index in [1.54, 1.807) is 4.90 Å². The van der Waals surface area contributed by atoms with E-state index in [1.807, 2.05) is 30.5 Å². The van der Waals surface area contributed by atoms with Crippen molar-refractivity contribution in [1.29, 1.82) is 0 Å². The van der Waals surface area contributed by atoms with Crippen LogP contribution < -0.4 is 4.90 Å². The summed E-state index contributed by atoms with van der Waals surface area (Å²) in [7, 11) is 0. The van der Waals surface area contributed by atoms with Crippen molar-refractivity contribution < 1.29 is 4.90 Å². The molecule has 5 heteroatoms. The van der Waals surface area contributed by atoms with Crippen molar-refractivity contribution >= 4 is 33.7 Å². The third-order valence-electron chi connectivity index (χ3n) is 4.05. The number of hydrogen-bond acceptors (Lipinski definition) is 2. The summed E-state index contributed by atoms with van der Waals surface area (Å²) in [6.45, 7) is 5.27. The number of quaternary nitrogens is 1. The van der Waals surface area contributed by atoms with Crippen LogP contribution in [0.4, 0.5) is 0 Å². The average molecular weight is 394 g/mol. The van der Waals surface area contributed by atoms with Crippen molar-refractivity contribution in [3.8, 4) is 0 Å². The van der Waals surface area contributed by atoms with Crippen LogP contribution in [0, 0.1) is 0 Å². The average Bonchev–Trinajstić information content (AvgIpc) is 2.58. The molecule has 0 saturated carbocycles. The van der Waals surface area contributed by atoms with Crippen LogP contribution in [0.1, 0.15) is 11.1 Å². The smallest absolute Gasteiger partial charge is 0.103 e. The highest BCUT2D eigenvalue weighted by molar-refractivity contribution is 9.10. The summed E-state index contributed by atoms with van der Waals surface area (Å²) in [4.78, 5) is 1.60. The van der Waals surface area contributed by atoms with Gasteiger partial charge in [-0.05, 0) is 29.8 Å². The lowest BCUT2D eigenvalue weighted by molar-refractivity contribution is -0.918. The normalized spacial score (nSPS) is 16.2. The topological polar surface area (TPSA) is 20.0 Å². The van der Waals surface area contributed by atoms with Crippen LogP contribution in [0.15, 0.2) is 58.1 Å². The molecule has 2 aromatic rings. The summed E-state index contributed by atoms with van der Waals surface area (Å²) in [6.07, 6.45) is 1.94. The van der Waals surface area contributed by atoms with Crippen molar-refractivity contribution in [3.63, 3.8) is 0 Å². The lowest BCUT2D eigenvalue weighted by Crippen LogP contribution is -3.13. The molecule has 1 N–H and O–H groups in total. The molecule has 0 atom stereocenters. The molecule has 1 aliphatic heterocycles. The predicted molar refractivity (Wildman–Crippen MR) is 99.2 cm³/mol. The fourth-order valence-electron chi connectivity index (χ4n) is 2.69. The molecule has 0 bridgehead atoms. The van der Waals surface area contributed by atoms with E-state index < -0.39 is 0 Å². The van der Waals surface area contributed by atoms with Gasteiger partial charge in [0.15, 0.2) is 0 Å². The molecular weight excluding hydrogens is 374 g/mol. The molecule has 0 aromatic heterocycles. The summed E-state index contributed by atoms with van der Waals surface area (Å²) in [5, 5.41) is 7.56. The molecule has 0 spiro atoms. The van der Waals surface area contributed by atoms with Crippen molar-refractivity contribution in [2.75, 3.05) is 26.2 Å². The summed E-state index contributed by atoms with van der Waals surface area (Å²) in [5.74, 6) is 0. The highest BCUT2D eigenvalue weighted by Crippen LogP contribution is 2.10. The van der Waals surface area contributed by atoms with E-state index in [9.17, 15) is 0 Å². The number of hydrogen-bond donors (Lipinski definition) is 1. The second-order valence-corrected chi connectivity index (χ2v) is 7.16. The molecule has 1 fully saturated rings. The van der Waals surface area contributed by atoms with Crippen LogP contribution in [0.5, 0.6) is 0 Å². The standard InChI is InChI=1S/C18H19BrClN3/c19-17-5-1-15(2-6-17)13-21-23-11-9-22(10-12-23)14-16-3-7-18(20)8-4-16/h1-8,13H,9-12,14H2/p+1. The number of piperazine rings is 1. The Hall–Kier alpha value is -1.36. The highest BCUT2D eigenvalue weighted by atomic mass is 79.9.